The summed E-state index contributed by atoms with van der Waals surface area (Å²) in [6, 6.07) is 0.673. The van der Waals surface area contributed by atoms with Gasteiger partial charge < -0.3 is 10.2 Å². The first-order valence-corrected chi connectivity index (χ1v) is 4.34. The normalized spacial score (nSPS) is 21.9. The Balaban J connectivity index is 2.05. The van der Waals surface area contributed by atoms with Crippen LogP contribution in [-0.4, -0.2) is 37.6 Å². The van der Waals surface area contributed by atoms with Gasteiger partial charge in [0.25, 0.3) is 0 Å². The van der Waals surface area contributed by atoms with E-state index in [4.69, 9.17) is 11.6 Å². The van der Waals surface area contributed by atoms with E-state index < -0.39 is 0 Å². The Bertz CT molecular complexity index is 150. The molecule has 2 nitrogen and oxygen atoms in total. The number of likely N-dealkylation sites (N-methyl/N-ethyl adjacent to an activating group) is 1. The maximum Gasteiger partial charge on any atom is 0.0325 e. The fourth-order valence-electron chi connectivity index (χ4n) is 1.17. The number of hydrogen-bond acceptors (Lipinski definition) is 2. The van der Waals surface area contributed by atoms with Gasteiger partial charge in [-0.05, 0) is 19.5 Å². The van der Waals surface area contributed by atoms with Crippen molar-refractivity contribution in [1.82, 2.24) is 10.2 Å². The van der Waals surface area contributed by atoms with E-state index in [0.717, 1.165) is 19.6 Å². The zero-order valence-corrected chi connectivity index (χ0v) is 7.86. The maximum atomic E-state index is 5.51. The molecule has 1 rings (SSSR count). The first-order valence-electron chi connectivity index (χ1n) is 3.90. The topological polar surface area (TPSA) is 15.3 Å². The van der Waals surface area contributed by atoms with E-state index in [1.54, 1.807) is 5.54 Å². The predicted molar refractivity (Wildman–Crippen MR) is 48.9 cm³/mol. The molecule has 0 saturated carbocycles. The minimum absolute atomic E-state index is 0.673. The van der Waals surface area contributed by atoms with Gasteiger partial charge >= 0.3 is 0 Å². The van der Waals surface area contributed by atoms with Crippen LogP contribution in [0, 0.1) is 0 Å². The highest BCUT2D eigenvalue weighted by molar-refractivity contribution is 6.25. The number of hydrogen-bond donors (Lipinski definition) is 1. The molecule has 1 saturated heterocycles. The summed E-state index contributed by atoms with van der Waals surface area (Å²) in [6.45, 7) is 5.27. The zero-order chi connectivity index (χ0) is 8.27. The lowest BCUT2D eigenvalue weighted by atomic mass is 10.1. The minimum Gasteiger partial charge on any atom is -0.308 e. The van der Waals surface area contributed by atoms with Crippen molar-refractivity contribution in [1.29, 1.82) is 0 Å². The van der Waals surface area contributed by atoms with Crippen LogP contribution in [0.15, 0.2) is 11.1 Å². The van der Waals surface area contributed by atoms with E-state index in [0.29, 0.717) is 6.04 Å². The molecule has 0 unspecified atom stereocenters. The van der Waals surface area contributed by atoms with Gasteiger partial charge in [-0.3, -0.25) is 0 Å². The van der Waals surface area contributed by atoms with Gasteiger partial charge in [0.2, 0.25) is 0 Å². The molecular formula is C8H15ClN2. The Morgan fingerprint density at radius 3 is 2.82 bits per heavy atom. The largest absolute Gasteiger partial charge is 0.308 e. The highest BCUT2D eigenvalue weighted by Crippen LogP contribution is 2.04. The van der Waals surface area contributed by atoms with Gasteiger partial charge in [-0.15, -0.1) is 0 Å². The van der Waals surface area contributed by atoms with Crippen LogP contribution in [0.1, 0.15) is 6.92 Å². The number of halogens is 1. The van der Waals surface area contributed by atoms with Crippen molar-refractivity contribution in [3.05, 3.63) is 11.1 Å². The maximum absolute atomic E-state index is 5.51. The molecule has 1 fully saturated rings. The van der Waals surface area contributed by atoms with Crippen molar-refractivity contribution in [2.24, 2.45) is 0 Å². The van der Waals surface area contributed by atoms with E-state index in [-0.39, 0.29) is 0 Å². The molecule has 0 amide bonds. The molecule has 0 bridgehead atoms. The second kappa shape index (κ2) is 4.10. The molecule has 0 aromatic rings. The summed E-state index contributed by atoms with van der Waals surface area (Å²) >= 11 is 5.51. The number of nitrogens with one attached hydrogen (secondary N) is 1. The Hall–Kier alpha value is -0.0500. The Morgan fingerprint density at radius 2 is 2.36 bits per heavy atom. The van der Waals surface area contributed by atoms with Crippen LogP contribution in [0.3, 0.4) is 0 Å². The lowest BCUT2D eigenvalue weighted by Crippen LogP contribution is -2.56. The molecule has 1 aliphatic heterocycles. The molecule has 1 heterocycles. The fourth-order valence-corrected chi connectivity index (χ4v) is 1.25. The van der Waals surface area contributed by atoms with E-state index in [1.165, 1.54) is 5.57 Å². The number of likely N-dealkylation sites (tertiary alicyclic amines) is 1. The molecule has 0 aromatic heterocycles. The molecule has 11 heavy (non-hydrogen) atoms. The minimum atomic E-state index is 0.673. The SMILES string of the molecule is C/C(=C\Cl)CNC1CN(C)C1. The van der Waals surface area contributed by atoms with Crippen molar-refractivity contribution in [2.45, 2.75) is 13.0 Å². The van der Waals surface area contributed by atoms with Crippen molar-refractivity contribution < 1.29 is 0 Å². The third-order valence-electron chi connectivity index (χ3n) is 1.92. The summed E-state index contributed by atoms with van der Waals surface area (Å²) in [6.07, 6.45) is 0. The lowest BCUT2D eigenvalue weighted by Gasteiger charge is -2.36. The Labute approximate surface area is 73.2 Å². The van der Waals surface area contributed by atoms with Crippen LogP contribution in [0.2, 0.25) is 0 Å². The molecule has 0 spiro atoms. The van der Waals surface area contributed by atoms with Gasteiger partial charge in [-0.2, -0.15) is 0 Å². The van der Waals surface area contributed by atoms with E-state index in [1.807, 2.05) is 6.92 Å². The van der Waals surface area contributed by atoms with E-state index in [9.17, 15) is 0 Å². The summed E-state index contributed by atoms with van der Waals surface area (Å²) in [7, 11) is 2.13. The first-order chi connectivity index (χ1) is 5.22. The Kier molecular flexibility index (Phi) is 3.37. The van der Waals surface area contributed by atoms with Crippen LogP contribution in [0.25, 0.3) is 0 Å². The quantitative estimate of drug-likeness (QED) is 0.688. The van der Waals surface area contributed by atoms with Gasteiger partial charge in [0.15, 0.2) is 0 Å². The highest BCUT2D eigenvalue weighted by atomic mass is 35.5. The van der Waals surface area contributed by atoms with Gasteiger partial charge in [-0.25, -0.2) is 0 Å². The smallest absolute Gasteiger partial charge is 0.0325 e. The standard InChI is InChI=1S/C8H15ClN2/c1-7(3-9)4-10-8-5-11(2)6-8/h3,8,10H,4-6H2,1-2H3/b7-3+. The molecule has 0 atom stereocenters. The van der Waals surface area contributed by atoms with Gasteiger partial charge in [0.05, 0.1) is 0 Å². The Morgan fingerprint density at radius 1 is 1.73 bits per heavy atom. The van der Waals surface area contributed by atoms with Crippen molar-refractivity contribution in [2.75, 3.05) is 26.7 Å². The fraction of sp³-hybridized carbons (Fsp3) is 0.750. The second-order valence-electron chi connectivity index (χ2n) is 3.25. The monoisotopic (exact) mass is 174 g/mol. The molecule has 3 heteroatoms. The van der Waals surface area contributed by atoms with Crippen molar-refractivity contribution in [3.63, 3.8) is 0 Å². The summed E-state index contributed by atoms with van der Waals surface area (Å²) in [5.74, 6) is 0. The van der Waals surface area contributed by atoms with Crippen LogP contribution in [0.4, 0.5) is 0 Å². The number of nitrogens with zero attached hydrogens (tertiary/aromatic N) is 1. The van der Waals surface area contributed by atoms with Crippen molar-refractivity contribution in [3.8, 4) is 0 Å². The highest BCUT2D eigenvalue weighted by Gasteiger charge is 2.21. The van der Waals surface area contributed by atoms with Crippen LogP contribution >= 0.6 is 11.6 Å². The third kappa shape index (κ3) is 2.81. The molecular weight excluding hydrogens is 160 g/mol. The van der Waals surface area contributed by atoms with Crippen LogP contribution in [-0.2, 0) is 0 Å². The molecule has 0 aromatic carbocycles. The third-order valence-corrected chi connectivity index (χ3v) is 2.29. The van der Waals surface area contributed by atoms with E-state index in [2.05, 4.69) is 17.3 Å². The number of rotatable bonds is 3. The average Bonchev–Trinajstić information content (AvgIpc) is 1.95. The molecule has 0 aliphatic carbocycles. The van der Waals surface area contributed by atoms with Crippen molar-refractivity contribution >= 4 is 11.6 Å². The molecule has 64 valence electrons. The van der Waals surface area contributed by atoms with Gasteiger partial charge in [-0.1, -0.05) is 11.6 Å². The second-order valence-corrected chi connectivity index (χ2v) is 3.47. The summed E-state index contributed by atoms with van der Waals surface area (Å²) in [4.78, 5) is 2.29. The van der Waals surface area contributed by atoms with Gasteiger partial charge in [0, 0.05) is 31.2 Å². The first kappa shape index (κ1) is 9.04. The van der Waals surface area contributed by atoms with Crippen LogP contribution < -0.4 is 5.32 Å². The summed E-state index contributed by atoms with van der Waals surface area (Å²) in [5.41, 5.74) is 2.83. The summed E-state index contributed by atoms with van der Waals surface area (Å²) in [5, 5.41) is 3.41. The van der Waals surface area contributed by atoms with E-state index >= 15 is 0 Å². The van der Waals surface area contributed by atoms with Gasteiger partial charge in [0.1, 0.15) is 0 Å². The molecule has 1 N–H and O–H groups in total. The molecule has 1 aliphatic rings. The van der Waals surface area contributed by atoms with Crippen LogP contribution in [0.5, 0.6) is 0 Å². The molecule has 0 radical (unpaired) electrons. The summed E-state index contributed by atoms with van der Waals surface area (Å²) < 4.78 is 0. The average molecular weight is 175 g/mol. The predicted octanol–water partition coefficient (Wildman–Crippen LogP) is 1.03. The lowest BCUT2D eigenvalue weighted by molar-refractivity contribution is 0.165. The zero-order valence-electron chi connectivity index (χ0n) is 7.10.